The van der Waals surface area contributed by atoms with Gasteiger partial charge in [-0.05, 0) is 17.8 Å². The fourth-order valence-corrected chi connectivity index (χ4v) is 2.75. The molecular weight excluding hydrogens is 240 g/mol. The Kier molecular flexibility index (Phi) is 4.16. The molecule has 0 aromatic rings. The molecule has 2 amide bonds. The Labute approximate surface area is 115 Å². The molecule has 0 spiro atoms. The third-order valence-corrected chi connectivity index (χ3v) is 4.37. The van der Waals surface area contributed by atoms with Gasteiger partial charge in [0.05, 0.1) is 0 Å². The van der Waals surface area contributed by atoms with Crippen molar-refractivity contribution in [3.8, 4) is 0 Å². The second-order valence-electron chi connectivity index (χ2n) is 7.03. The average Bonchev–Trinajstić information content (AvgIpc) is 2.38. The quantitative estimate of drug-likeness (QED) is 0.848. The van der Waals surface area contributed by atoms with Gasteiger partial charge in [-0.25, -0.2) is 0 Å². The van der Waals surface area contributed by atoms with Crippen LogP contribution in [0.4, 0.5) is 0 Å². The van der Waals surface area contributed by atoms with Crippen molar-refractivity contribution < 1.29 is 9.59 Å². The van der Waals surface area contributed by atoms with Crippen LogP contribution in [0.25, 0.3) is 0 Å². The lowest BCUT2D eigenvalue weighted by Gasteiger charge is -2.33. The molecular formula is C15H26N2O2. The molecule has 0 bridgehead atoms. The van der Waals surface area contributed by atoms with E-state index >= 15 is 0 Å². The van der Waals surface area contributed by atoms with Gasteiger partial charge in [0.2, 0.25) is 11.8 Å². The van der Waals surface area contributed by atoms with Crippen LogP contribution in [0.15, 0.2) is 0 Å². The summed E-state index contributed by atoms with van der Waals surface area (Å²) in [5, 5.41) is 2.88. The van der Waals surface area contributed by atoms with Crippen LogP contribution in [0.1, 0.15) is 52.9 Å². The maximum Gasteiger partial charge on any atom is 0.245 e. The number of hydrogen-bond acceptors (Lipinski definition) is 2. The van der Waals surface area contributed by atoms with Gasteiger partial charge < -0.3 is 10.2 Å². The van der Waals surface area contributed by atoms with Gasteiger partial charge in [-0.3, -0.25) is 9.59 Å². The molecule has 1 saturated carbocycles. The summed E-state index contributed by atoms with van der Waals surface area (Å²) in [5.41, 5.74) is -0.230. The van der Waals surface area contributed by atoms with Crippen molar-refractivity contribution in [3.63, 3.8) is 0 Å². The van der Waals surface area contributed by atoms with Crippen molar-refractivity contribution in [3.05, 3.63) is 0 Å². The Morgan fingerprint density at radius 3 is 2.47 bits per heavy atom. The van der Waals surface area contributed by atoms with Crippen LogP contribution in [-0.4, -0.2) is 35.8 Å². The summed E-state index contributed by atoms with van der Waals surface area (Å²) >= 11 is 0. The summed E-state index contributed by atoms with van der Waals surface area (Å²) in [6.07, 6.45) is 5.48. The monoisotopic (exact) mass is 266 g/mol. The number of carbonyl (C=O) groups is 2. The molecule has 1 heterocycles. The Balaban J connectivity index is 2.00. The molecule has 2 fully saturated rings. The third-order valence-electron chi connectivity index (χ3n) is 4.37. The van der Waals surface area contributed by atoms with Crippen LogP contribution in [-0.2, 0) is 9.59 Å². The molecule has 2 rings (SSSR count). The summed E-state index contributed by atoms with van der Waals surface area (Å²) < 4.78 is 0. The first-order valence-electron chi connectivity index (χ1n) is 7.46. The van der Waals surface area contributed by atoms with Gasteiger partial charge in [0.15, 0.2) is 0 Å². The SMILES string of the molecule is CC(C)(C)C1NC(=O)CCN(CCC2CCC2)C1=O. The molecule has 0 aromatic heterocycles. The van der Waals surface area contributed by atoms with Crippen molar-refractivity contribution in [1.82, 2.24) is 10.2 Å². The molecule has 108 valence electrons. The number of nitrogens with one attached hydrogen (secondary N) is 1. The zero-order valence-electron chi connectivity index (χ0n) is 12.4. The van der Waals surface area contributed by atoms with E-state index in [4.69, 9.17) is 0 Å². The van der Waals surface area contributed by atoms with Gasteiger partial charge in [0.1, 0.15) is 6.04 Å². The maximum absolute atomic E-state index is 12.6. The van der Waals surface area contributed by atoms with Crippen LogP contribution in [0, 0.1) is 11.3 Å². The number of carbonyl (C=O) groups excluding carboxylic acids is 2. The molecule has 1 aliphatic heterocycles. The smallest absolute Gasteiger partial charge is 0.245 e. The molecule has 1 saturated heterocycles. The largest absolute Gasteiger partial charge is 0.344 e. The van der Waals surface area contributed by atoms with Gasteiger partial charge >= 0.3 is 0 Å². The van der Waals surface area contributed by atoms with E-state index in [-0.39, 0.29) is 23.3 Å². The molecule has 1 aliphatic carbocycles. The van der Waals surface area contributed by atoms with E-state index in [2.05, 4.69) is 5.32 Å². The highest BCUT2D eigenvalue weighted by Gasteiger charge is 2.37. The van der Waals surface area contributed by atoms with Crippen molar-refractivity contribution in [2.45, 2.75) is 58.9 Å². The fourth-order valence-electron chi connectivity index (χ4n) is 2.75. The lowest BCUT2D eigenvalue weighted by atomic mass is 9.82. The van der Waals surface area contributed by atoms with Crippen LogP contribution in [0.5, 0.6) is 0 Å². The van der Waals surface area contributed by atoms with Crippen LogP contribution in [0.2, 0.25) is 0 Å². The summed E-state index contributed by atoms with van der Waals surface area (Å²) in [7, 11) is 0. The second-order valence-corrected chi connectivity index (χ2v) is 7.03. The zero-order chi connectivity index (χ0) is 14.0. The van der Waals surface area contributed by atoms with Gasteiger partial charge in [-0.2, -0.15) is 0 Å². The first kappa shape index (κ1) is 14.4. The van der Waals surface area contributed by atoms with E-state index in [9.17, 15) is 9.59 Å². The Morgan fingerprint density at radius 2 is 1.95 bits per heavy atom. The lowest BCUT2D eigenvalue weighted by molar-refractivity contribution is -0.136. The molecule has 2 aliphatic rings. The minimum absolute atomic E-state index is 0.000538. The highest BCUT2D eigenvalue weighted by Crippen LogP contribution is 2.30. The van der Waals surface area contributed by atoms with E-state index in [1.165, 1.54) is 19.3 Å². The molecule has 0 radical (unpaired) electrons. The van der Waals surface area contributed by atoms with Crippen LogP contribution >= 0.6 is 0 Å². The van der Waals surface area contributed by atoms with Gasteiger partial charge in [0.25, 0.3) is 0 Å². The van der Waals surface area contributed by atoms with Crippen molar-refractivity contribution in [2.24, 2.45) is 11.3 Å². The average molecular weight is 266 g/mol. The minimum Gasteiger partial charge on any atom is -0.344 e. The van der Waals surface area contributed by atoms with E-state index < -0.39 is 0 Å². The van der Waals surface area contributed by atoms with Crippen molar-refractivity contribution >= 4 is 11.8 Å². The minimum atomic E-state index is -0.385. The molecule has 1 atom stereocenters. The first-order valence-corrected chi connectivity index (χ1v) is 7.46. The van der Waals surface area contributed by atoms with Crippen molar-refractivity contribution in [1.29, 1.82) is 0 Å². The van der Waals surface area contributed by atoms with Crippen LogP contribution < -0.4 is 5.32 Å². The van der Waals surface area contributed by atoms with Gasteiger partial charge in [0, 0.05) is 19.5 Å². The van der Waals surface area contributed by atoms with Crippen LogP contribution in [0.3, 0.4) is 0 Å². The topological polar surface area (TPSA) is 49.4 Å². The lowest BCUT2D eigenvalue weighted by Crippen LogP contribution is -2.52. The fraction of sp³-hybridized carbons (Fsp3) is 0.867. The molecule has 1 N–H and O–H groups in total. The molecule has 4 nitrogen and oxygen atoms in total. The van der Waals surface area contributed by atoms with Gasteiger partial charge in [-0.1, -0.05) is 40.0 Å². The summed E-state index contributed by atoms with van der Waals surface area (Å²) in [5.74, 6) is 0.893. The molecule has 4 heteroatoms. The molecule has 0 aromatic carbocycles. The van der Waals surface area contributed by atoms with Crippen molar-refractivity contribution in [2.75, 3.05) is 13.1 Å². The third kappa shape index (κ3) is 3.48. The second kappa shape index (κ2) is 5.51. The predicted octanol–water partition coefficient (Wildman–Crippen LogP) is 1.94. The van der Waals surface area contributed by atoms with Gasteiger partial charge in [-0.15, -0.1) is 0 Å². The summed E-state index contributed by atoms with van der Waals surface area (Å²) in [6.45, 7) is 7.40. The number of hydrogen-bond donors (Lipinski definition) is 1. The summed E-state index contributed by atoms with van der Waals surface area (Å²) in [6, 6.07) is -0.385. The number of rotatable bonds is 3. The van der Waals surface area contributed by atoms with E-state index in [1.807, 2.05) is 25.7 Å². The molecule has 19 heavy (non-hydrogen) atoms. The standard InChI is InChI=1S/C15H26N2O2/c1-15(2,3)13-14(19)17(10-8-12(18)16-13)9-7-11-5-4-6-11/h11,13H,4-10H2,1-3H3,(H,16,18). The highest BCUT2D eigenvalue weighted by molar-refractivity contribution is 5.90. The Morgan fingerprint density at radius 1 is 1.26 bits per heavy atom. The van der Waals surface area contributed by atoms with E-state index in [0.29, 0.717) is 13.0 Å². The first-order chi connectivity index (χ1) is 8.88. The number of amides is 2. The van der Waals surface area contributed by atoms with E-state index in [1.54, 1.807) is 0 Å². The maximum atomic E-state index is 12.6. The molecule has 1 unspecified atom stereocenters. The Bertz CT molecular complexity index is 356. The Hall–Kier alpha value is -1.06. The van der Waals surface area contributed by atoms with E-state index in [0.717, 1.165) is 18.9 Å². The normalized spacial score (nSPS) is 25.8. The summed E-state index contributed by atoms with van der Waals surface area (Å²) in [4.78, 5) is 26.2. The highest BCUT2D eigenvalue weighted by atomic mass is 16.2. The zero-order valence-corrected chi connectivity index (χ0v) is 12.4. The number of nitrogens with zero attached hydrogens (tertiary/aromatic N) is 1. The predicted molar refractivity (Wildman–Crippen MR) is 74.5 cm³/mol.